The molecule has 0 aromatic heterocycles. The molecule has 2 N–H and O–H groups in total. The van der Waals surface area contributed by atoms with Gasteiger partial charge in [-0.3, -0.25) is 0 Å². The molecule has 0 spiro atoms. The van der Waals surface area contributed by atoms with Crippen LogP contribution in [0.4, 0.5) is 0 Å². The van der Waals surface area contributed by atoms with Crippen LogP contribution in [0.1, 0.15) is 20.3 Å². The Kier molecular flexibility index (Phi) is 5.39. The quantitative estimate of drug-likeness (QED) is 0.877. The van der Waals surface area contributed by atoms with Gasteiger partial charge >= 0.3 is 0 Å². The Morgan fingerprint density at radius 2 is 2.00 bits per heavy atom. The van der Waals surface area contributed by atoms with E-state index in [2.05, 4.69) is 13.8 Å². The van der Waals surface area contributed by atoms with Crippen LogP contribution in [0.15, 0.2) is 18.2 Å². The molecule has 90 valence electrons. The van der Waals surface area contributed by atoms with Crippen LogP contribution in [0.25, 0.3) is 0 Å². The van der Waals surface area contributed by atoms with Crippen LogP contribution in [0, 0.1) is 5.92 Å². The molecule has 0 aliphatic rings. The SMILES string of the molecule is CC(C)C(N)CCOc1ccc(Cl)cc1Cl. The Morgan fingerprint density at radius 1 is 1.31 bits per heavy atom. The first kappa shape index (κ1) is 13.6. The van der Waals surface area contributed by atoms with Crippen molar-refractivity contribution in [1.29, 1.82) is 0 Å². The van der Waals surface area contributed by atoms with Crippen molar-refractivity contribution in [2.24, 2.45) is 11.7 Å². The Morgan fingerprint density at radius 3 is 2.56 bits per heavy atom. The number of benzene rings is 1. The number of nitrogens with two attached hydrogens (primary N) is 1. The van der Waals surface area contributed by atoms with Gasteiger partial charge in [-0.1, -0.05) is 37.0 Å². The maximum absolute atomic E-state index is 5.97. The van der Waals surface area contributed by atoms with Gasteiger partial charge in [-0.2, -0.15) is 0 Å². The number of halogens is 2. The van der Waals surface area contributed by atoms with E-state index in [1.54, 1.807) is 18.2 Å². The topological polar surface area (TPSA) is 35.2 Å². The van der Waals surface area contributed by atoms with E-state index >= 15 is 0 Å². The molecule has 1 unspecified atom stereocenters. The third-order valence-electron chi connectivity index (χ3n) is 2.46. The molecule has 0 heterocycles. The summed E-state index contributed by atoms with van der Waals surface area (Å²) in [5, 5.41) is 1.14. The summed E-state index contributed by atoms with van der Waals surface area (Å²) in [6.45, 7) is 4.76. The maximum Gasteiger partial charge on any atom is 0.137 e. The molecule has 16 heavy (non-hydrogen) atoms. The molecule has 4 heteroatoms. The molecule has 0 bridgehead atoms. The summed E-state index contributed by atoms with van der Waals surface area (Å²) in [7, 11) is 0. The van der Waals surface area contributed by atoms with E-state index in [1.165, 1.54) is 0 Å². The third kappa shape index (κ3) is 4.20. The maximum atomic E-state index is 5.97. The second-order valence-electron chi connectivity index (χ2n) is 4.12. The van der Waals surface area contributed by atoms with Gasteiger partial charge in [0.25, 0.3) is 0 Å². The highest BCUT2D eigenvalue weighted by molar-refractivity contribution is 6.35. The summed E-state index contributed by atoms with van der Waals surface area (Å²) in [6.07, 6.45) is 0.816. The minimum atomic E-state index is 0.158. The predicted octanol–water partition coefficient (Wildman–Crippen LogP) is 3.75. The van der Waals surface area contributed by atoms with Gasteiger partial charge in [0, 0.05) is 11.1 Å². The molecule has 1 atom stereocenters. The predicted molar refractivity (Wildman–Crippen MR) is 69.4 cm³/mol. The van der Waals surface area contributed by atoms with E-state index in [0.717, 1.165) is 6.42 Å². The normalized spacial score (nSPS) is 12.9. The van der Waals surface area contributed by atoms with E-state index in [9.17, 15) is 0 Å². The Balaban J connectivity index is 2.43. The summed E-state index contributed by atoms with van der Waals surface area (Å²) in [5.74, 6) is 1.12. The second kappa shape index (κ2) is 6.33. The Labute approximate surface area is 107 Å². The highest BCUT2D eigenvalue weighted by atomic mass is 35.5. The Hall–Kier alpha value is -0.440. The van der Waals surface area contributed by atoms with Gasteiger partial charge in [0.2, 0.25) is 0 Å². The smallest absolute Gasteiger partial charge is 0.137 e. The lowest BCUT2D eigenvalue weighted by molar-refractivity contribution is 0.282. The summed E-state index contributed by atoms with van der Waals surface area (Å²) >= 11 is 11.7. The van der Waals surface area contributed by atoms with Crippen molar-refractivity contribution in [3.8, 4) is 5.75 Å². The van der Waals surface area contributed by atoms with E-state index in [1.807, 2.05) is 0 Å². The molecule has 0 radical (unpaired) electrons. The Bertz CT molecular complexity index is 342. The summed E-state index contributed by atoms with van der Waals surface area (Å²) < 4.78 is 5.54. The van der Waals surface area contributed by atoms with Crippen molar-refractivity contribution in [3.05, 3.63) is 28.2 Å². The van der Waals surface area contributed by atoms with Crippen LogP contribution in [0.5, 0.6) is 5.75 Å². The average Bonchev–Trinajstić information content (AvgIpc) is 2.20. The highest BCUT2D eigenvalue weighted by Gasteiger charge is 2.08. The zero-order valence-electron chi connectivity index (χ0n) is 9.54. The molecule has 0 fully saturated rings. The lowest BCUT2D eigenvalue weighted by Gasteiger charge is -2.16. The van der Waals surface area contributed by atoms with Crippen molar-refractivity contribution in [2.45, 2.75) is 26.3 Å². The van der Waals surface area contributed by atoms with Crippen molar-refractivity contribution in [3.63, 3.8) is 0 Å². The second-order valence-corrected chi connectivity index (χ2v) is 4.96. The standard InChI is InChI=1S/C12H17Cl2NO/c1-8(2)11(15)5-6-16-12-4-3-9(13)7-10(12)14/h3-4,7-8,11H,5-6,15H2,1-2H3. The van der Waals surface area contributed by atoms with Gasteiger partial charge in [0.15, 0.2) is 0 Å². The van der Waals surface area contributed by atoms with Crippen molar-refractivity contribution in [2.75, 3.05) is 6.61 Å². The van der Waals surface area contributed by atoms with E-state index < -0.39 is 0 Å². The third-order valence-corrected chi connectivity index (χ3v) is 2.99. The molecule has 0 amide bonds. The lowest BCUT2D eigenvalue weighted by Crippen LogP contribution is -2.28. The fraction of sp³-hybridized carbons (Fsp3) is 0.500. The van der Waals surface area contributed by atoms with Gasteiger partial charge in [-0.15, -0.1) is 0 Å². The fourth-order valence-electron chi connectivity index (χ4n) is 1.23. The summed E-state index contributed by atoms with van der Waals surface area (Å²) in [4.78, 5) is 0. The highest BCUT2D eigenvalue weighted by Crippen LogP contribution is 2.27. The van der Waals surface area contributed by atoms with Crippen molar-refractivity contribution >= 4 is 23.2 Å². The van der Waals surface area contributed by atoms with Gasteiger partial charge in [0.05, 0.1) is 11.6 Å². The van der Waals surface area contributed by atoms with Gasteiger partial charge in [-0.25, -0.2) is 0 Å². The first-order valence-corrected chi connectivity index (χ1v) is 6.09. The average molecular weight is 262 g/mol. The minimum Gasteiger partial charge on any atom is -0.492 e. The van der Waals surface area contributed by atoms with Crippen LogP contribution in [-0.4, -0.2) is 12.6 Å². The number of hydrogen-bond acceptors (Lipinski definition) is 2. The molecule has 1 aromatic rings. The first-order valence-electron chi connectivity index (χ1n) is 5.34. The molecular formula is C12H17Cl2NO. The van der Waals surface area contributed by atoms with Gasteiger partial charge in [0.1, 0.15) is 5.75 Å². The monoisotopic (exact) mass is 261 g/mol. The number of hydrogen-bond donors (Lipinski definition) is 1. The van der Waals surface area contributed by atoms with Crippen LogP contribution in [0.3, 0.4) is 0 Å². The van der Waals surface area contributed by atoms with Crippen molar-refractivity contribution in [1.82, 2.24) is 0 Å². The number of rotatable bonds is 5. The fourth-order valence-corrected chi connectivity index (χ4v) is 1.69. The molecule has 1 aromatic carbocycles. The molecule has 0 aliphatic heterocycles. The minimum absolute atomic E-state index is 0.158. The zero-order chi connectivity index (χ0) is 12.1. The van der Waals surface area contributed by atoms with Crippen LogP contribution in [0.2, 0.25) is 10.0 Å². The van der Waals surface area contributed by atoms with E-state index in [-0.39, 0.29) is 6.04 Å². The van der Waals surface area contributed by atoms with Gasteiger partial charge < -0.3 is 10.5 Å². The molecule has 1 rings (SSSR count). The first-order chi connectivity index (χ1) is 7.50. The molecule has 2 nitrogen and oxygen atoms in total. The van der Waals surface area contributed by atoms with Crippen LogP contribution in [-0.2, 0) is 0 Å². The summed E-state index contributed by atoms with van der Waals surface area (Å²) in [5.41, 5.74) is 5.91. The largest absolute Gasteiger partial charge is 0.492 e. The van der Waals surface area contributed by atoms with Crippen molar-refractivity contribution < 1.29 is 4.74 Å². The van der Waals surface area contributed by atoms with Gasteiger partial charge in [-0.05, 0) is 30.5 Å². The molecule has 0 saturated carbocycles. The molecular weight excluding hydrogens is 245 g/mol. The number of ether oxygens (including phenoxy) is 1. The van der Waals surface area contributed by atoms with Crippen LogP contribution >= 0.6 is 23.2 Å². The molecule has 0 aliphatic carbocycles. The van der Waals surface area contributed by atoms with Crippen LogP contribution < -0.4 is 10.5 Å². The van der Waals surface area contributed by atoms with E-state index in [0.29, 0.717) is 28.3 Å². The zero-order valence-corrected chi connectivity index (χ0v) is 11.1. The molecule has 0 saturated heterocycles. The van der Waals surface area contributed by atoms with E-state index in [4.69, 9.17) is 33.7 Å². The lowest BCUT2D eigenvalue weighted by atomic mass is 10.0. The summed E-state index contributed by atoms with van der Waals surface area (Å²) in [6, 6.07) is 5.35.